The number of thiol groups is 1. The second-order valence-corrected chi connectivity index (χ2v) is 4.25. The molecule has 0 aliphatic rings. The summed E-state index contributed by atoms with van der Waals surface area (Å²) in [4.78, 5) is 11.5. The Morgan fingerprint density at radius 1 is 1.46 bits per heavy atom. The van der Waals surface area contributed by atoms with Gasteiger partial charge in [-0.05, 0) is 18.2 Å². The molecule has 0 aliphatic heterocycles. The molecule has 4 heteroatoms. The fourth-order valence-electron chi connectivity index (χ4n) is 1.25. The van der Waals surface area contributed by atoms with E-state index in [2.05, 4.69) is 12.6 Å². The van der Waals surface area contributed by atoms with Crippen LogP contribution in [0.25, 0.3) is 10.1 Å². The van der Waals surface area contributed by atoms with Crippen molar-refractivity contribution >= 4 is 45.3 Å². The molecular weight excluding hydrogens is 202 g/mol. The lowest BCUT2D eigenvalue weighted by Gasteiger charge is -1.96. The average molecular weight is 209 g/mol. The Balaban J connectivity index is 2.91. The Morgan fingerprint density at radius 2 is 2.23 bits per heavy atom. The third-order valence-electron chi connectivity index (χ3n) is 1.84. The fourth-order valence-corrected chi connectivity index (χ4v) is 2.46. The molecule has 0 saturated carbocycles. The lowest BCUT2D eigenvalue weighted by atomic mass is 10.1. The molecule has 1 heterocycles. The summed E-state index contributed by atoms with van der Waals surface area (Å²) in [7, 11) is 0. The van der Waals surface area contributed by atoms with E-state index in [0.717, 1.165) is 21.3 Å². The van der Waals surface area contributed by atoms with Gasteiger partial charge in [-0.15, -0.1) is 24.0 Å². The van der Waals surface area contributed by atoms with Crippen molar-refractivity contribution in [3.63, 3.8) is 0 Å². The van der Waals surface area contributed by atoms with Gasteiger partial charge in [0.25, 0.3) is 0 Å². The highest BCUT2D eigenvalue weighted by molar-refractivity contribution is 7.80. The SMILES string of the molecule is Nc1cc2c(C=O)ccc(S)c2s1. The summed E-state index contributed by atoms with van der Waals surface area (Å²) in [5, 5.41) is 1.60. The highest BCUT2D eigenvalue weighted by atomic mass is 32.1. The molecule has 2 nitrogen and oxygen atoms in total. The van der Waals surface area contributed by atoms with Gasteiger partial charge < -0.3 is 5.73 Å². The lowest BCUT2D eigenvalue weighted by molar-refractivity contribution is 0.112. The van der Waals surface area contributed by atoms with E-state index in [1.54, 1.807) is 6.07 Å². The standard InChI is InChI=1S/C9H7NOS2/c10-8-3-6-5(4-11)1-2-7(12)9(6)13-8/h1-4,12H,10H2. The van der Waals surface area contributed by atoms with Crippen molar-refractivity contribution in [2.24, 2.45) is 0 Å². The zero-order chi connectivity index (χ0) is 9.42. The molecule has 1 aromatic heterocycles. The van der Waals surface area contributed by atoms with E-state index >= 15 is 0 Å². The highest BCUT2D eigenvalue weighted by Gasteiger charge is 2.06. The number of anilines is 1. The number of benzene rings is 1. The van der Waals surface area contributed by atoms with Crippen LogP contribution in [0.4, 0.5) is 5.00 Å². The molecule has 66 valence electrons. The molecule has 0 radical (unpaired) electrons. The molecular formula is C9H7NOS2. The highest BCUT2D eigenvalue weighted by Crippen LogP contribution is 2.33. The number of carbonyl (C=O) groups is 1. The van der Waals surface area contributed by atoms with Gasteiger partial charge in [0.1, 0.15) is 0 Å². The van der Waals surface area contributed by atoms with Crippen molar-refractivity contribution in [2.75, 3.05) is 5.73 Å². The number of rotatable bonds is 1. The van der Waals surface area contributed by atoms with E-state index in [9.17, 15) is 4.79 Å². The van der Waals surface area contributed by atoms with Crippen LogP contribution in [0.1, 0.15) is 10.4 Å². The molecule has 0 spiro atoms. The molecule has 0 saturated heterocycles. The van der Waals surface area contributed by atoms with E-state index in [-0.39, 0.29) is 0 Å². The summed E-state index contributed by atoms with van der Waals surface area (Å²) in [5.74, 6) is 0. The molecule has 13 heavy (non-hydrogen) atoms. The van der Waals surface area contributed by atoms with Crippen LogP contribution in [-0.4, -0.2) is 6.29 Å². The predicted octanol–water partition coefficient (Wildman–Crippen LogP) is 2.58. The van der Waals surface area contributed by atoms with Gasteiger partial charge in [-0.3, -0.25) is 4.79 Å². The second-order valence-electron chi connectivity index (χ2n) is 2.68. The van der Waals surface area contributed by atoms with Crippen molar-refractivity contribution in [2.45, 2.75) is 4.90 Å². The molecule has 0 fully saturated rings. The molecule has 2 N–H and O–H groups in total. The monoisotopic (exact) mass is 209 g/mol. The molecule has 0 bridgehead atoms. The second kappa shape index (κ2) is 3.05. The normalized spacial score (nSPS) is 10.5. The van der Waals surface area contributed by atoms with Crippen LogP contribution in [0.3, 0.4) is 0 Å². The average Bonchev–Trinajstić information content (AvgIpc) is 2.48. The minimum Gasteiger partial charge on any atom is -0.391 e. The van der Waals surface area contributed by atoms with E-state index in [4.69, 9.17) is 5.73 Å². The largest absolute Gasteiger partial charge is 0.391 e. The summed E-state index contributed by atoms with van der Waals surface area (Å²) in [5.41, 5.74) is 6.32. The van der Waals surface area contributed by atoms with E-state index in [1.807, 2.05) is 12.1 Å². The van der Waals surface area contributed by atoms with Gasteiger partial charge in [-0.2, -0.15) is 0 Å². The molecule has 0 amide bonds. The summed E-state index contributed by atoms with van der Waals surface area (Å²) < 4.78 is 0.977. The van der Waals surface area contributed by atoms with Crippen LogP contribution in [-0.2, 0) is 0 Å². The Kier molecular flexibility index (Phi) is 2.01. The Labute approximate surface area is 84.8 Å². The van der Waals surface area contributed by atoms with Crippen LogP contribution < -0.4 is 5.73 Å². The van der Waals surface area contributed by atoms with Crippen molar-refractivity contribution in [3.05, 3.63) is 23.8 Å². The number of carbonyl (C=O) groups excluding carboxylic acids is 1. The van der Waals surface area contributed by atoms with Crippen LogP contribution in [0.5, 0.6) is 0 Å². The maximum atomic E-state index is 10.7. The number of hydrogen-bond donors (Lipinski definition) is 2. The first kappa shape index (κ1) is 8.59. The van der Waals surface area contributed by atoms with Gasteiger partial charge in [0.15, 0.2) is 6.29 Å². The molecule has 0 aliphatic carbocycles. The smallest absolute Gasteiger partial charge is 0.150 e. The van der Waals surface area contributed by atoms with E-state index in [1.165, 1.54) is 11.3 Å². The first-order valence-electron chi connectivity index (χ1n) is 3.68. The number of fused-ring (bicyclic) bond motifs is 1. The maximum Gasteiger partial charge on any atom is 0.150 e. The van der Waals surface area contributed by atoms with Gasteiger partial charge >= 0.3 is 0 Å². The van der Waals surface area contributed by atoms with Gasteiger partial charge in [0.2, 0.25) is 0 Å². The fraction of sp³-hybridized carbons (Fsp3) is 0. The number of thiophene rings is 1. The van der Waals surface area contributed by atoms with E-state index < -0.39 is 0 Å². The van der Waals surface area contributed by atoms with Gasteiger partial charge in [-0.25, -0.2) is 0 Å². The first-order chi connectivity index (χ1) is 6.22. The Hall–Kier alpha value is -1.000. The Bertz CT molecular complexity index is 476. The Morgan fingerprint density at radius 3 is 2.92 bits per heavy atom. The predicted molar refractivity (Wildman–Crippen MR) is 58.9 cm³/mol. The first-order valence-corrected chi connectivity index (χ1v) is 4.95. The lowest BCUT2D eigenvalue weighted by Crippen LogP contribution is -1.80. The number of nitrogens with two attached hydrogens (primary N) is 1. The quantitative estimate of drug-likeness (QED) is 0.560. The van der Waals surface area contributed by atoms with Gasteiger partial charge in [-0.1, -0.05) is 0 Å². The van der Waals surface area contributed by atoms with Crippen molar-refractivity contribution in [1.82, 2.24) is 0 Å². The van der Waals surface area contributed by atoms with Crippen molar-refractivity contribution in [1.29, 1.82) is 0 Å². The summed E-state index contributed by atoms with van der Waals surface area (Å²) in [6, 6.07) is 5.37. The number of aldehydes is 1. The summed E-state index contributed by atoms with van der Waals surface area (Å²) in [6.45, 7) is 0. The number of nitrogen functional groups attached to an aromatic ring is 1. The van der Waals surface area contributed by atoms with Crippen LogP contribution in [0, 0.1) is 0 Å². The zero-order valence-corrected chi connectivity index (χ0v) is 8.36. The minimum atomic E-state index is 0.667. The number of hydrogen-bond acceptors (Lipinski definition) is 4. The van der Waals surface area contributed by atoms with Gasteiger partial charge in [0.05, 0.1) is 9.70 Å². The maximum absolute atomic E-state index is 10.7. The molecule has 2 aromatic rings. The molecule has 1 aromatic carbocycles. The molecule has 0 unspecified atom stereocenters. The molecule has 2 rings (SSSR count). The van der Waals surface area contributed by atoms with Crippen LogP contribution in [0.2, 0.25) is 0 Å². The summed E-state index contributed by atoms with van der Waals surface area (Å²) >= 11 is 5.74. The van der Waals surface area contributed by atoms with Gasteiger partial charge in [0, 0.05) is 15.8 Å². The van der Waals surface area contributed by atoms with E-state index in [0.29, 0.717) is 10.6 Å². The third kappa shape index (κ3) is 1.32. The summed E-state index contributed by atoms with van der Waals surface area (Å²) in [6.07, 6.45) is 0.835. The van der Waals surface area contributed by atoms with Crippen molar-refractivity contribution in [3.8, 4) is 0 Å². The zero-order valence-electron chi connectivity index (χ0n) is 6.65. The topological polar surface area (TPSA) is 43.1 Å². The minimum absolute atomic E-state index is 0.667. The third-order valence-corrected chi connectivity index (χ3v) is 3.36. The van der Waals surface area contributed by atoms with Crippen LogP contribution in [0.15, 0.2) is 23.1 Å². The molecule has 0 atom stereocenters. The van der Waals surface area contributed by atoms with Crippen LogP contribution >= 0.6 is 24.0 Å². The van der Waals surface area contributed by atoms with Crippen molar-refractivity contribution < 1.29 is 4.79 Å².